The molecule has 3 heterocycles. The van der Waals surface area contributed by atoms with Crippen molar-refractivity contribution in [1.29, 1.82) is 0 Å². The summed E-state index contributed by atoms with van der Waals surface area (Å²) in [5, 5.41) is 3.87. The van der Waals surface area contributed by atoms with Crippen LogP contribution in [0.25, 0.3) is 0 Å². The number of ketones is 1. The van der Waals surface area contributed by atoms with Gasteiger partial charge < -0.3 is 25.4 Å². The SMILES string of the molecule is CCC(C)N1CCN(c2ccc(Nc3nc(N)c(C(=O)c4ccc5c(c4)OCCO5)s3)cc2)CC1. The normalized spacial score (nSPS) is 16.7. The lowest BCUT2D eigenvalue weighted by Crippen LogP contribution is -2.49. The van der Waals surface area contributed by atoms with Gasteiger partial charge in [0, 0.05) is 49.2 Å². The molecule has 2 aromatic carbocycles. The summed E-state index contributed by atoms with van der Waals surface area (Å²) in [7, 11) is 0. The van der Waals surface area contributed by atoms with E-state index in [0.29, 0.717) is 46.3 Å². The summed E-state index contributed by atoms with van der Waals surface area (Å²) in [6.07, 6.45) is 1.19. The number of anilines is 4. The molecule has 184 valence electrons. The lowest BCUT2D eigenvalue weighted by molar-refractivity contribution is 0.104. The Balaban J connectivity index is 1.23. The number of nitrogen functional groups attached to an aromatic ring is 1. The number of benzene rings is 2. The standard InChI is InChI=1S/C26H31N5O3S/c1-3-17(2)30-10-12-31(13-11-30)20-7-5-19(6-8-20)28-26-29-25(27)24(35-26)23(32)18-4-9-21-22(16-18)34-15-14-33-21/h4-9,16-17H,3,10-15,27H2,1-2H3,(H,28,29). The number of fused-ring (bicyclic) bond motifs is 1. The molecule has 1 aromatic heterocycles. The van der Waals surface area contributed by atoms with Gasteiger partial charge in [-0.05, 0) is 55.8 Å². The maximum atomic E-state index is 13.1. The number of carbonyl (C=O) groups excluding carboxylic acids is 1. The van der Waals surface area contributed by atoms with E-state index in [2.05, 4.69) is 46.1 Å². The topological polar surface area (TPSA) is 93.0 Å². The van der Waals surface area contributed by atoms with Crippen LogP contribution in [0, 0.1) is 0 Å². The zero-order valence-electron chi connectivity index (χ0n) is 20.1. The number of hydrogen-bond donors (Lipinski definition) is 2. The van der Waals surface area contributed by atoms with Crippen LogP contribution in [0.5, 0.6) is 11.5 Å². The molecule has 1 fully saturated rings. The van der Waals surface area contributed by atoms with Gasteiger partial charge in [0.15, 0.2) is 16.6 Å². The van der Waals surface area contributed by atoms with Crippen molar-refractivity contribution < 1.29 is 14.3 Å². The highest BCUT2D eigenvalue weighted by atomic mass is 32.1. The third kappa shape index (κ3) is 5.06. The van der Waals surface area contributed by atoms with Crippen LogP contribution in [-0.4, -0.2) is 61.1 Å². The number of piperazine rings is 1. The van der Waals surface area contributed by atoms with Crippen molar-refractivity contribution in [2.24, 2.45) is 0 Å². The molecule has 2 aliphatic rings. The minimum atomic E-state index is -0.183. The zero-order valence-corrected chi connectivity index (χ0v) is 20.9. The number of carbonyl (C=O) groups is 1. The molecule has 3 aromatic rings. The van der Waals surface area contributed by atoms with E-state index in [1.807, 2.05) is 12.1 Å². The fraction of sp³-hybridized carbons (Fsp3) is 0.385. The smallest absolute Gasteiger partial charge is 0.206 e. The third-order valence-corrected chi connectivity index (χ3v) is 7.66. The number of nitrogens with two attached hydrogens (primary N) is 1. The van der Waals surface area contributed by atoms with E-state index in [1.54, 1.807) is 18.2 Å². The maximum Gasteiger partial charge on any atom is 0.206 e. The molecular formula is C26H31N5O3S. The van der Waals surface area contributed by atoms with Gasteiger partial charge in [0.05, 0.1) is 0 Å². The van der Waals surface area contributed by atoms with Crippen LogP contribution in [0.4, 0.5) is 22.3 Å². The van der Waals surface area contributed by atoms with Crippen LogP contribution in [0.3, 0.4) is 0 Å². The van der Waals surface area contributed by atoms with Crippen LogP contribution < -0.4 is 25.4 Å². The van der Waals surface area contributed by atoms with Crippen LogP contribution in [0.2, 0.25) is 0 Å². The molecule has 0 radical (unpaired) electrons. The molecule has 0 bridgehead atoms. The van der Waals surface area contributed by atoms with E-state index in [-0.39, 0.29) is 11.6 Å². The molecular weight excluding hydrogens is 462 g/mol. The monoisotopic (exact) mass is 493 g/mol. The van der Waals surface area contributed by atoms with Gasteiger partial charge >= 0.3 is 0 Å². The molecule has 1 unspecified atom stereocenters. The Labute approximate surface area is 209 Å². The van der Waals surface area contributed by atoms with Crippen molar-refractivity contribution >= 4 is 39.4 Å². The molecule has 35 heavy (non-hydrogen) atoms. The average molecular weight is 494 g/mol. The van der Waals surface area contributed by atoms with Crippen molar-refractivity contribution in [3.8, 4) is 11.5 Å². The summed E-state index contributed by atoms with van der Waals surface area (Å²) >= 11 is 1.25. The van der Waals surface area contributed by atoms with Crippen LogP contribution in [0.1, 0.15) is 35.5 Å². The van der Waals surface area contributed by atoms with Gasteiger partial charge in [-0.15, -0.1) is 0 Å². The van der Waals surface area contributed by atoms with Gasteiger partial charge in [-0.1, -0.05) is 18.3 Å². The molecule has 0 amide bonds. The minimum Gasteiger partial charge on any atom is -0.486 e. The molecule has 3 N–H and O–H groups in total. The second-order valence-corrected chi connectivity index (χ2v) is 9.87. The van der Waals surface area contributed by atoms with Gasteiger partial charge in [0.25, 0.3) is 0 Å². The maximum absolute atomic E-state index is 13.1. The van der Waals surface area contributed by atoms with Crippen molar-refractivity contribution in [3.63, 3.8) is 0 Å². The summed E-state index contributed by atoms with van der Waals surface area (Å²) in [6.45, 7) is 9.77. The highest BCUT2D eigenvalue weighted by Gasteiger charge is 2.22. The first-order valence-corrected chi connectivity index (χ1v) is 12.9. The third-order valence-electron chi connectivity index (χ3n) is 6.68. The predicted octanol–water partition coefficient (Wildman–Crippen LogP) is 4.39. The first-order valence-electron chi connectivity index (χ1n) is 12.1. The zero-order chi connectivity index (χ0) is 24.4. The fourth-order valence-corrected chi connectivity index (χ4v) is 5.29. The number of rotatable bonds is 7. The number of thiazole rings is 1. The average Bonchev–Trinajstić information content (AvgIpc) is 3.27. The van der Waals surface area contributed by atoms with Crippen molar-refractivity contribution in [2.75, 3.05) is 55.3 Å². The van der Waals surface area contributed by atoms with Crippen LogP contribution in [0.15, 0.2) is 42.5 Å². The Kier molecular flexibility index (Phi) is 6.79. The molecule has 0 aliphatic carbocycles. The van der Waals surface area contributed by atoms with Gasteiger partial charge in [0.2, 0.25) is 5.78 Å². The molecule has 9 heteroatoms. The lowest BCUT2D eigenvalue weighted by atomic mass is 10.1. The first-order chi connectivity index (χ1) is 17.0. The summed E-state index contributed by atoms with van der Waals surface area (Å²) < 4.78 is 11.1. The molecule has 2 aliphatic heterocycles. The highest BCUT2D eigenvalue weighted by Crippen LogP contribution is 2.34. The number of hydrogen-bond acceptors (Lipinski definition) is 9. The molecule has 1 atom stereocenters. The number of nitrogens with one attached hydrogen (secondary N) is 1. The van der Waals surface area contributed by atoms with E-state index in [0.717, 1.165) is 31.9 Å². The second-order valence-electron chi connectivity index (χ2n) is 8.87. The minimum absolute atomic E-state index is 0.183. The lowest BCUT2D eigenvalue weighted by Gasteiger charge is -2.39. The number of aromatic nitrogens is 1. The molecule has 0 saturated carbocycles. The molecule has 1 saturated heterocycles. The van der Waals surface area contributed by atoms with E-state index in [1.165, 1.54) is 23.4 Å². The van der Waals surface area contributed by atoms with Gasteiger partial charge in [-0.25, -0.2) is 4.98 Å². The molecule has 8 nitrogen and oxygen atoms in total. The quantitative estimate of drug-likeness (QED) is 0.468. The van der Waals surface area contributed by atoms with Crippen LogP contribution in [-0.2, 0) is 0 Å². The Morgan fingerprint density at radius 3 is 2.51 bits per heavy atom. The van der Waals surface area contributed by atoms with E-state index in [9.17, 15) is 4.79 Å². The van der Waals surface area contributed by atoms with Gasteiger partial charge in [-0.2, -0.15) is 0 Å². The largest absolute Gasteiger partial charge is 0.486 e. The van der Waals surface area contributed by atoms with Gasteiger partial charge in [-0.3, -0.25) is 9.69 Å². The van der Waals surface area contributed by atoms with Gasteiger partial charge in [0.1, 0.15) is 23.9 Å². The Bertz CT molecular complexity index is 1190. The van der Waals surface area contributed by atoms with E-state index < -0.39 is 0 Å². The number of ether oxygens (including phenoxy) is 2. The Morgan fingerprint density at radius 1 is 1.09 bits per heavy atom. The summed E-state index contributed by atoms with van der Waals surface area (Å²) in [4.78, 5) is 22.8. The summed E-state index contributed by atoms with van der Waals surface area (Å²) in [5.41, 5.74) is 8.72. The summed E-state index contributed by atoms with van der Waals surface area (Å²) in [6, 6.07) is 14.1. The van der Waals surface area contributed by atoms with Crippen molar-refractivity contribution in [2.45, 2.75) is 26.3 Å². The Morgan fingerprint density at radius 2 is 1.80 bits per heavy atom. The fourth-order valence-electron chi connectivity index (χ4n) is 4.42. The van der Waals surface area contributed by atoms with E-state index in [4.69, 9.17) is 15.2 Å². The predicted molar refractivity (Wildman–Crippen MR) is 141 cm³/mol. The van der Waals surface area contributed by atoms with Crippen molar-refractivity contribution in [1.82, 2.24) is 9.88 Å². The second kappa shape index (κ2) is 10.1. The van der Waals surface area contributed by atoms with Crippen molar-refractivity contribution in [3.05, 3.63) is 52.9 Å². The number of nitrogens with zero attached hydrogens (tertiary/aromatic N) is 3. The summed E-state index contributed by atoms with van der Waals surface area (Å²) in [5.74, 6) is 1.25. The first kappa shape index (κ1) is 23.4. The molecule has 0 spiro atoms. The van der Waals surface area contributed by atoms with Crippen LogP contribution >= 0.6 is 11.3 Å². The van der Waals surface area contributed by atoms with E-state index >= 15 is 0 Å². The Hall–Kier alpha value is -3.30. The highest BCUT2D eigenvalue weighted by molar-refractivity contribution is 7.18. The molecule has 5 rings (SSSR count).